The molecule has 0 spiro atoms. The molecule has 0 saturated heterocycles. The second-order valence-electron chi connectivity index (χ2n) is 5.67. The van der Waals surface area contributed by atoms with E-state index < -0.39 is 0 Å². The number of imidazole rings is 1. The maximum absolute atomic E-state index is 11.9. The summed E-state index contributed by atoms with van der Waals surface area (Å²) in [6.45, 7) is 3.10. The number of hydrogen-bond acceptors (Lipinski definition) is 4. The third-order valence-electron chi connectivity index (χ3n) is 4.02. The van der Waals surface area contributed by atoms with Crippen LogP contribution in [0.25, 0.3) is 11.0 Å². The maximum Gasteiger partial charge on any atom is 0.356 e. The standard InChI is InChI=1S/C19H20ClN3O3/c1-2-25-18(24)13-23-16-9-5-4-8-15(16)22(19(23)21)11-12-26-17-10-6-3-7-14(17)20/h3-10,21H,2,11-13H2,1H3/p+1. The lowest BCUT2D eigenvalue weighted by Crippen LogP contribution is -2.41. The fourth-order valence-electron chi connectivity index (χ4n) is 2.86. The van der Waals surface area contributed by atoms with Crippen molar-refractivity contribution in [2.24, 2.45) is 0 Å². The summed E-state index contributed by atoms with van der Waals surface area (Å²) in [5, 5.41) is 0.565. The first-order chi connectivity index (χ1) is 12.6. The highest BCUT2D eigenvalue weighted by molar-refractivity contribution is 6.32. The van der Waals surface area contributed by atoms with Crippen LogP contribution in [-0.2, 0) is 22.6 Å². The monoisotopic (exact) mass is 374 g/mol. The SMILES string of the molecule is CCOC(=O)C[n+]1c(N)n(CCOc2ccccc2Cl)c2ccccc21. The van der Waals surface area contributed by atoms with Crippen molar-refractivity contribution in [3.8, 4) is 5.75 Å². The van der Waals surface area contributed by atoms with Crippen molar-refractivity contribution < 1.29 is 18.8 Å². The largest absolute Gasteiger partial charge is 0.489 e. The zero-order valence-corrected chi connectivity index (χ0v) is 15.3. The molecule has 0 fully saturated rings. The van der Waals surface area contributed by atoms with E-state index in [1.165, 1.54) is 0 Å². The number of fused-ring (bicyclic) bond motifs is 1. The Morgan fingerprint density at radius 3 is 2.69 bits per heavy atom. The molecule has 0 aliphatic carbocycles. The van der Waals surface area contributed by atoms with E-state index >= 15 is 0 Å². The van der Waals surface area contributed by atoms with Crippen LogP contribution in [0.4, 0.5) is 5.95 Å². The van der Waals surface area contributed by atoms with E-state index in [0.717, 1.165) is 11.0 Å². The fraction of sp³-hybridized carbons (Fsp3) is 0.263. The number of carbonyl (C=O) groups excluding carboxylic acids is 1. The van der Waals surface area contributed by atoms with Gasteiger partial charge < -0.3 is 9.47 Å². The minimum absolute atomic E-state index is 0.0680. The second-order valence-corrected chi connectivity index (χ2v) is 6.08. The molecule has 3 rings (SSSR count). The highest BCUT2D eigenvalue weighted by Gasteiger charge is 2.23. The molecule has 0 saturated carbocycles. The number of nitrogens with zero attached hydrogens (tertiary/aromatic N) is 2. The van der Waals surface area contributed by atoms with Gasteiger partial charge in [0.2, 0.25) is 0 Å². The molecule has 2 N–H and O–H groups in total. The van der Waals surface area contributed by atoms with Gasteiger partial charge >= 0.3 is 11.9 Å². The molecule has 1 aromatic heterocycles. The van der Waals surface area contributed by atoms with Crippen molar-refractivity contribution in [3.63, 3.8) is 0 Å². The smallest absolute Gasteiger partial charge is 0.356 e. The van der Waals surface area contributed by atoms with E-state index in [1.807, 2.05) is 47.0 Å². The van der Waals surface area contributed by atoms with E-state index in [0.29, 0.717) is 36.5 Å². The number of rotatable bonds is 7. The van der Waals surface area contributed by atoms with Crippen molar-refractivity contribution in [2.75, 3.05) is 18.9 Å². The molecule has 0 bridgehead atoms. The molecule has 0 aliphatic heterocycles. The van der Waals surface area contributed by atoms with Gasteiger partial charge in [-0.25, -0.2) is 13.9 Å². The number of para-hydroxylation sites is 3. The van der Waals surface area contributed by atoms with Crippen LogP contribution in [0.3, 0.4) is 0 Å². The van der Waals surface area contributed by atoms with Crippen LogP contribution in [0.2, 0.25) is 5.02 Å². The quantitative estimate of drug-likeness (QED) is 0.510. The lowest BCUT2D eigenvalue weighted by Gasteiger charge is -2.07. The van der Waals surface area contributed by atoms with Gasteiger partial charge in [-0.1, -0.05) is 35.9 Å². The Morgan fingerprint density at radius 2 is 1.92 bits per heavy atom. The zero-order chi connectivity index (χ0) is 18.5. The van der Waals surface area contributed by atoms with Crippen LogP contribution in [0.1, 0.15) is 6.92 Å². The number of nitrogens with two attached hydrogens (primary N) is 1. The topological polar surface area (TPSA) is 70.4 Å². The van der Waals surface area contributed by atoms with Crippen LogP contribution >= 0.6 is 11.6 Å². The Morgan fingerprint density at radius 1 is 1.19 bits per heavy atom. The molecule has 0 amide bonds. The number of hydrogen-bond donors (Lipinski definition) is 1. The molecule has 136 valence electrons. The minimum Gasteiger partial charge on any atom is -0.489 e. The van der Waals surface area contributed by atoms with Crippen molar-refractivity contribution in [2.45, 2.75) is 20.0 Å². The molecule has 6 nitrogen and oxygen atoms in total. The number of benzene rings is 2. The van der Waals surface area contributed by atoms with Crippen LogP contribution < -0.4 is 15.0 Å². The number of halogens is 1. The summed E-state index contributed by atoms with van der Waals surface area (Å²) in [5.74, 6) is 0.782. The Balaban J connectivity index is 1.83. The molecule has 0 radical (unpaired) electrons. The zero-order valence-electron chi connectivity index (χ0n) is 14.5. The van der Waals surface area contributed by atoms with Crippen molar-refractivity contribution in [1.29, 1.82) is 0 Å². The summed E-state index contributed by atoms with van der Waals surface area (Å²) in [4.78, 5) is 11.9. The van der Waals surface area contributed by atoms with Crippen molar-refractivity contribution >= 4 is 34.6 Å². The van der Waals surface area contributed by atoms with E-state index in [4.69, 9.17) is 26.8 Å². The Labute approximate surface area is 156 Å². The van der Waals surface area contributed by atoms with Crippen molar-refractivity contribution in [1.82, 2.24) is 4.57 Å². The third kappa shape index (κ3) is 3.75. The van der Waals surface area contributed by atoms with Gasteiger partial charge in [0, 0.05) is 0 Å². The van der Waals surface area contributed by atoms with Crippen LogP contribution in [0.5, 0.6) is 5.75 Å². The lowest BCUT2D eigenvalue weighted by molar-refractivity contribution is -0.646. The summed E-state index contributed by atoms with van der Waals surface area (Å²) < 4.78 is 14.5. The van der Waals surface area contributed by atoms with E-state index in [-0.39, 0.29) is 12.5 Å². The van der Waals surface area contributed by atoms with Gasteiger partial charge in [0.1, 0.15) is 29.9 Å². The number of anilines is 1. The highest BCUT2D eigenvalue weighted by atomic mass is 35.5. The van der Waals surface area contributed by atoms with Gasteiger partial charge in [0.05, 0.1) is 11.6 Å². The molecule has 3 aromatic rings. The van der Waals surface area contributed by atoms with Gasteiger partial charge in [0.25, 0.3) is 0 Å². The lowest BCUT2D eigenvalue weighted by atomic mass is 10.3. The van der Waals surface area contributed by atoms with Gasteiger partial charge in [-0.3, -0.25) is 5.73 Å². The predicted octanol–water partition coefficient (Wildman–Crippen LogP) is 2.81. The maximum atomic E-state index is 11.9. The van der Waals surface area contributed by atoms with Gasteiger partial charge in [-0.15, -0.1) is 0 Å². The first-order valence-corrected chi connectivity index (χ1v) is 8.79. The van der Waals surface area contributed by atoms with Gasteiger partial charge in [0.15, 0.2) is 6.54 Å². The highest BCUT2D eigenvalue weighted by Crippen LogP contribution is 2.23. The average molecular weight is 375 g/mol. The number of nitrogen functional groups attached to an aromatic ring is 1. The summed E-state index contributed by atoms with van der Waals surface area (Å²) in [5.41, 5.74) is 8.11. The van der Waals surface area contributed by atoms with E-state index in [2.05, 4.69) is 0 Å². The summed E-state index contributed by atoms with van der Waals surface area (Å²) in [6, 6.07) is 15.1. The Bertz CT molecular complexity index is 924. The Kier molecular flexibility index (Phi) is 5.63. The Hall–Kier alpha value is -2.73. The number of carbonyl (C=O) groups is 1. The molecule has 26 heavy (non-hydrogen) atoms. The van der Waals surface area contributed by atoms with Crippen LogP contribution in [0.15, 0.2) is 48.5 Å². The molecular weight excluding hydrogens is 354 g/mol. The second kappa shape index (κ2) is 8.10. The minimum atomic E-state index is -0.320. The fourth-order valence-corrected chi connectivity index (χ4v) is 3.05. The first-order valence-electron chi connectivity index (χ1n) is 8.41. The normalized spacial score (nSPS) is 10.8. The van der Waals surface area contributed by atoms with E-state index in [9.17, 15) is 4.79 Å². The molecular formula is C19H21ClN3O3+. The summed E-state index contributed by atoms with van der Waals surface area (Å²) in [7, 11) is 0. The molecule has 1 heterocycles. The molecule has 7 heteroatoms. The number of ether oxygens (including phenoxy) is 2. The summed E-state index contributed by atoms with van der Waals surface area (Å²) in [6.07, 6.45) is 0. The van der Waals surface area contributed by atoms with Crippen LogP contribution in [0, 0.1) is 0 Å². The average Bonchev–Trinajstić information content (AvgIpc) is 2.89. The van der Waals surface area contributed by atoms with Crippen molar-refractivity contribution in [3.05, 3.63) is 53.6 Å². The summed E-state index contributed by atoms with van der Waals surface area (Å²) >= 11 is 6.11. The van der Waals surface area contributed by atoms with Gasteiger partial charge in [-0.05, 0) is 31.2 Å². The van der Waals surface area contributed by atoms with Gasteiger partial charge in [-0.2, -0.15) is 0 Å². The third-order valence-corrected chi connectivity index (χ3v) is 4.33. The number of esters is 1. The van der Waals surface area contributed by atoms with Crippen LogP contribution in [-0.4, -0.2) is 23.8 Å². The first kappa shape index (κ1) is 18.1. The molecule has 0 unspecified atom stereocenters. The van der Waals surface area contributed by atoms with E-state index in [1.54, 1.807) is 17.6 Å². The molecule has 0 atom stereocenters. The number of aromatic nitrogens is 2. The predicted molar refractivity (Wildman–Crippen MR) is 100 cm³/mol. The molecule has 2 aromatic carbocycles. The molecule has 0 aliphatic rings.